The lowest BCUT2D eigenvalue weighted by Gasteiger charge is -2.15. The first-order valence-corrected chi connectivity index (χ1v) is 6.65. The van der Waals surface area contributed by atoms with Gasteiger partial charge in [-0.2, -0.15) is 0 Å². The summed E-state index contributed by atoms with van der Waals surface area (Å²) in [4.78, 5) is 4.69. The van der Waals surface area contributed by atoms with Crippen LogP contribution in [0.25, 0.3) is 10.9 Å². The minimum absolute atomic E-state index is 0.922. The number of pyridine rings is 1. The molecule has 1 N–H and O–H groups in total. The Morgan fingerprint density at radius 2 is 1.94 bits per heavy atom. The lowest BCUT2D eigenvalue weighted by Crippen LogP contribution is -2.03. The molecule has 0 aliphatic carbocycles. The number of hydrogen-bond donors (Lipinski definition) is 1. The van der Waals surface area contributed by atoms with Crippen LogP contribution in [-0.2, 0) is 0 Å². The highest BCUT2D eigenvalue weighted by Crippen LogP contribution is 2.33. The van der Waals surface area contributed by atoms with E-state index < -0.39 is 0 Å². The summed E-state index contributed by atoms with van der Waals surface area (Å²) < 4.78 is 1.09. The number of hydrogen-bond acceptors (Lipinski definition) is 2. The van der Waals surface area contributed by atoms with Crippen molar-refractivity contribution in [2.75, 3.05) is 11.9 Å². The molecule has 0 unspecified atom stereocenters. The molecule has 0 radical (unpaired) electrons. The molecule has 2 aromatic rings. The van der Waals surface area contributed by atoms with Crippen LogP contribution in [0.1, 0.15) is 23.7 Å². The van der Waals surface area contributed by atoms with E-state index in [0.717, 1.165) is 22.2 Å². The molecule has 0 saturated carbocycles. The number of halogens is 1. The number of nitrogens with one attached hydrogen (secondary N) is 1. The molecule has 0 atom stereocenters. The average Bonchev–Trinajstić information content (AvgIpc) is 2.31. The van der Waals surface area contributed by atoms with Crippen molar-refractivity contribution >= 4 is 32.5 Å². The van der Waals surface area contributed by atoms with Gasteiger partial charge in [-0.15, -0.1) is 0 Å². The summed E-state index contributed by atoms with van der Waals surface area (Å²) in [7, 11) is 0. The highest BCUT2D eigenvalue weighted by atomic mass is 79.9. The van der Waals surface area contributed by atoms with Crippen molar-refractivity contribution in [2.24, 2.45) is 0 Å². The van der Waals surface area contributed by atoms with Crippen molar-refractivity contribution in [1.82, 2.24) is 4.98 Å². The van der Waals surface area contributed by atoms with Gasteiger partial charge in [0.15, 0.2) is 0 Å². The fraction of sp³-hybridized carbons (Fsp3) is 0.357. The first kappa shape index (κ1) is 12.4. The molecule has 3 heteroatoms. The number of benzene rings is 1. The lowest BCUT2D eigenvalue weighted by atomic mass is 10.1. The van der Waals surface area contributed by atoms with E-state index in [-0.39, 0.29) is 0 Å². The Morgan fingerprint density at radius 3 is 2.59 bits per heavy atom. The predicted molar refractivity (Wildman–Crippen MR) is 77.8 cm³/mol. The third-order valence-electron chi connectivity index (χ3n) is 3.13. The van der Waals surface area contributed by atoms with Gasteiger partial charge in [-0.05, 0) is 54.8 Å². The standard InChI is InChI=1S/C14H17BrN2/c1-5-16-13-9(3)10(4)17-14-11(13)7-6-8(2)12(14)15/h6-7H,5H2,1-4H3,(H,16,17). The van der Waals surface area contributed by atoms with Crippen molar-refractivity contribution in [3.05, 3.63) is 33.4 Å². The number of nitrogens with zero attached hydrogens (tertiary/aromatic N) is 1. The topological polar surface area (TPSA) is 24.9 Å². The molecule has 0 spiro atoms. The second kappa shape index (κ2) is 4.65. The summed E-state index contributed by atoms with van der Waals surface area (Å²) in [5.41, 5.74) is 5.78. The second-order valence-corrected chi connectivity index (χ2v) is 5.11. The van der Waals surface area contributed by atoms with Crippen LogP contribution < -0.4 is 5.32 Å². The maximum absolute atomic E-state index is 4.69. The van der Waals surface area contributed by atoms with Crippen LogP contribution in [0.3, 0.4) is 0 Å². The van der Waals surface area contributed by atoms with E-state index in [9.17, 15) is 0 Å². The fourth-order valence-corrected chi connectivity index (χ4v) is 2.45. The summed E-state index contributed by atoms with van der Waals surface area (Å²) in [5.74, 6) is 0. The van der Waals surface area contributed by atoms with Crippen LogP contribution in [0, 0.1) is 20.8 Å². The zero-order chi connectivity index (χ0) is 12.6. The lowest BCUT2D eigenvalue weighted by molar-refractivity contribution is 1.15. The van der Waals surface area contributed by atoms with Gasteiger partial charge in [-0.3, -0.25) is 4.98 Å². The van der Waals surface area contributed by atoms with E-state index in [1.54, 1.807) is 0 Å². The first-order valence-electron chi connectivity index (χ1n) is 5.86. The Bertz CT molecular complexity index is 576. The number of aromatic nitrogens is 1. The molecular formula is C14H17BrN2. The van der Waals surface area contributed by atoms with Gasteiger partial charge < -0.3 is 5.32 Å². The Labute approximate surface area is 111 Å². The molecule has 2 rings (SSSR count). The van der Waals surface area contributed by atoms with Gasteiger partial charge in [-0.25, -0.2) is 0 Å². The SMILES string of the molecule is CCNc1c(C)c(C)nc2c(Br)c(C)ccc12. The van der Waals surface area contributed by atoms with Crippen molar-refractivity contribution < 1.29 is 0 Å². The zero-order valence-electron chi connectivity index (χ0n) is 10.7. The van der Waals surface area contributed by atoms with E-state index in [2.05, 4.69) is 61.1 Å². The third-order valence-corrected chi connectivity index (χ3v) is 4.13. The van der Waals surface area contributed by atoms with Gasteiger partial charge in [0.05, 0.1) is 5.52 Å². The van der Waals surface area contributed by atoms with Crippen LogP contribution in [0.4, 0.5) is 5.69 Å². The number of anilines is 1. The molecule has 17 heavy (non-hydrogen) atoms. The minimum Gasteiger partial charge on any atom is -0.385 e. The molecule has 90 valence electrons. The normalized spacial score (nSPS) is 10.9. The molecule has 0 aliphatic heterocycles. The summed E-state index contributed by atoms with van der Waals surface area (Å²) in [6, 6.07) is 4.27. The van der Waals surface area contributed by atoms with Gasteiger partial charge in [0, 0.05) is 27.8 Å². The third kappa shape index (κ3) is 2.04. The molecule has 0 saturated heterocycles. The van der Waals surface area contributed by atoms with Gasteiger partial charge in [0.2, 0.25) is 0 Å². The van der Waals surface area contributed by atoms with E-state index in [1.807, 2.05) is 0 Å². The molecule has 1 heterocycles. The Hall–Kier alpha value is -1.09. The molecular weight excluding hydrogens is 276 g/mol. The quantitative estimate of drug-likeness (QED) is 0.890. The van der Waals surface area contributed by atoms with Crippen molar-refractivity contribution in [3.63, 3.8) is 0 Å². The van der Waals surface area contributed by atoms with Crippen LogP contribution >= 0.6 is 15.9 Å². The Balaban J connectivity index is 2.86. The smallest absolute Gasteiger partial charge is 0.0870 e. The maximum Gasteiger partial charge on any atom is 0.0870 e. The molecule has 0 amide bonds. The van der Waals surface area contributed by atoms with Crippen LogP contribution in [-0.4, -0.2) is 11.5 Å². The highest BCUT2D eigenvalue weighted by Gasteiger charge is 2.11. The van der Waals surface area contributed by atoms with E-state index in [4.69, 9.17) is 4.98 Å². The number of aryl methyl sites for hydroxylation is 2. The van der Waals surface area contributed by atoms with Crippen LogP contribution in [0.5, 0.6) is 0 Å². The van der Waals surface area contributed by atoms with Crippen molar-refractivity contribution in [1.29, 1.82) is 0 Å². The second-order valence-electron chi connectivity index (χ2n) is 4.32. The molecule has 0 aliphatic rings. The van der Waals surface area contributed by atoms with Crippen LogP contribution in [0.15, 0.2) is 16.6 Å². The fourth-order valence-electron chi connectivity index (χ4n) is 2.02. The number of fused-ring (bicyclic) bond motifs is 1. The van der Waals surface area contributed by atoms with Crippen molar-refractivity contribution in [2.45, 2.75) is 27.7 Å². The number of rotatable bonds is 2. The average molecular weight is 293 g/mol. The first-order chi connectivity index (χ1) is 8.06. The van der Waals surface area contributed by atoms with Gasteiger partial charge in [-0.1, -0.05) is 12.1 Å². The highest BCUT2D eigenvalue weighted by molar-refractivity contribution is 9.10. The van der Waals surface area contributed by atoms with Crippen molar-refractivity contribution in [3.8, 4) is 0 Å². The van der Waals surface area contributed by atoms with Gasteiger partial charge in [0.1, 0.15) is 0 Å². The summed E-state index contributed by atoms with van der Waals surface area (Å²) in [5, 5.41) is 4.63. The molecule has 2 nitrogen and oxygen atoms in total. The minimum atomic E-state index is 0.922. The van der Waals surface area contributed by atoms with Crippen LogP contribution in [0.2, 0.25) is 0 Å². The van der Waals surface area contributed by atoms with E-state index >= 15 is 0 Å². The Kier molecular flexibility index (Phi) is 3.38. The summed E-state index contributed by atoms with van der Waals surface area (Å²) >= 11 is 3.63. The van der Waals surface area contributed by atoms with E-state index in [1.165, 1.54) is 22.2 Å². The largest absolute Gasteiger partial charge is 0.385 e. The summed E-state index contributed by atoms with van der Waals surface area (Å²) in [6.45, 7) is 9.31. The molecule has 1 aromatic carbocycles. The summed E-state index contributed by atoms with van der Waals surface area (Å²) in [6.07, 6.45) is 0. The molecule has 1 aromatic heterocycles. The zero-order valence-corrected chi connectivity index (χ0v) is 12.3. The Morgan fingerprint density at radius 1 is 1.24 bits per heavy atom. The predicted octanol–water partition coefficient (Wildman–Crippen LogP) is 4.35. The van der Waals surface area contributed by atoms with Gasteiger partial charge in [0.25, 0.3) is 0 Å². The maximum atomic E-state index is 4.69. The van der Waals surface area contributed by atoms with E-state index in [0.29, 0.717) is 0 Å². The molecule has 0 bridgehead atoms. The molecule has 0 fully saturated rings. The monoisotopic (exact) mass is 292 g/mol. The van der Waals surface area contributed by atoms with Gasteiger partial charge >= 0.3 is 0 Å².